The van der Waals surface area contributed by atoms with Gasteiger partial charge in [0.2, 0.25) is 0 Å². The van der Waals surface area contributed by atoms with Crippen molar-refractivity contribution in [2.45, 2.75) is 44.9 Å². The summed E-state index contributed by atoms with van der Waals surface area (Å²) in [4.78, 5) is 14.6. The van der Waals surface area contributed by atoms with Crippen LogP contribution in [0.5, 0.6) is 0 Å². The summed E-state index contributed by atoms with van der Waals surface area (Å²) in [7, 11) is 0. The molecular formula is C18H26N2O. The van der Waals surface area contributed by atoms with Gasteiger partial charge in [0.05, 0.1) is 0 Å². The molecule has 3 heteroatoms. The first-order valence-electron chi connectivity index (χ1n) is 8.36. The van der Waals surface area contributed by atoms with E-state index in [1.165, 1.54) is 24.8 Å². The van der Waals surface area contributed by atoms with Crippen LogP contribution < -0.4 is 5.32 Å². The summed E-state index contributed by atoms with van der Waals surface area (Å²) in [6.07, 6.45) is 5.98. The monoisotopic (exact) mass is 286 g/mol. The van der Waals surface area contributed by atoms with Gasteiger partial charge in [-0.3, -0.25) is 4.79 Å². The van der Waals surface area contributed by atoms with Crippen molar-refractivity contribution in [3.05, 3.63) is 34.9 Å². The Kier molecular flexibility index (Phi) is 4.59. The average molecular weight is 286 g/mol. The minimum absolute atomic E-state index is 0.226. The average Bonchev–Trinajstić information content (AvgIpc) is 2.56. The molecule has 1 N–H and O–H groups in total. The third-order valence-corrected chi connectivity index (χ3v) is 4.93. The fraction of sp³-hybridized carbons (Fsp3) is 0.611. The fourth-order valence-electron chi connectivity index (χ4n) is 3.60. The molecule has 0 aliphatic carbocycles. The van der Waals surface area contributed by atoms with Gasteiger partial charge in [-0.2, -0.15) is 0 Å². The lowest BCUT2D eigenvalue weighted by Gasteiger charge is -2.28. The Labute approximate surface area is 127 Å². The topological polar surface area (TPSA) is 32.3 Å². The lowest BCUT2D eigenvalue weighted by atomic mass is 9.88. The van der Waals surface area contributed by atoms with E-state index in [2.05, 4.69) is 30.4 Å². The summed E-state index contributed by atoms with van der Waals surface area (Å²) in [5.41, 5.74) is 3.44. The van der Waals surface area contributed by atoms with Crippen LogP contribution in [0.3, 0.4) is 0 Å². The zero-order valence-corrected chi connectivity index (χ0v) is 13.0. The molecule has 2 aliphatic heterocycles. The van der Waals surface area contributed by atoms with E-state index in [0.29, 0.717) is 5.92 Å². The van der Waals surface area contributed by atoms with E-state index < -0.39 is 0 Å². The number of nitrogens with zero attached hydrogens (tertiary/aromatic N) is 1. The second-order valence-electron chi connectivity index (χ2n) is 6.45. The predicted molar refractivity (Wildman–Crippen MR) is 85.8 cm³/mol. The highest BCUT2D eigenvalue weighted by Crippen LogP contribution is 2.27. The van der Waals surface area contributed by atoms with Crippen LogP contribution in [-0.2, 0) is 0 Å². The third-order valence-electron chi connectivity index (χ3n) is 4.93. The van der Waals surface area contributed by atoms with Crippen LogP contribution in [0, 0.1) is 6.92 Å². The van der Waals surface area contributed by atoms with Crippen molar-refractivity contribution in [3.63, 3.8) is 0 Å². The second kappa shape index (κ2) is 6.61. The number of likely N-dealkylation sites (tertiary alicyclic amines) is 1. The summed E-state index contributed by atoms with van der Waals surface area (Å²) in [6.45, 7) is 6.15. The van der Waals surface area contributed by atoms with Gasteiger partial charge < -0.3 is 10.2 Å². The van der Waals surface area contributed by atoms with Crippen molar-refractivity contribution in [2.24, 2.45) is 0 Å². The quantitative estimate of drug-likeness (QED) is 0.906. The Hall–Kier alpha value is -1.35. The summed E-state index contributed by atoms with van der Waals surface area (Å²) in [5.74, 6) is 0.883. The van der Waals surface area contributed by atoms with Crippen molar-refractivity contribution < 1.29 is 4.79 Å². The maximum Gasteiger partial charge on any atom is 0.254 e. The van der Waals surface area contributed by atoms with Crippen molar-refractivity contribution >= 4 is 5.91 Å². The first-order chi connectivity index (χ1) is 10.3. The van der Waals surface area contributed by atoms with E-state index in [1.807, 2.05) is 4.90 Å². The summed E-state index contributed by atoms with van der Waals surface area (Å²) in [6, 6.07) is 6.48. The molecule has 2 aliphatic rings. The molecule has 2 fully saturated rings. The van der Waals surface area contributed by atoms with E-state index in [4.69, 9.17) is 0 Å². The molecule has 0 radical (unpaired) electrons. The molecule has 114 valence electrons. The Morgan fingerprint density at radius 1 is 1.14 bits per heavy atom. The van der Waals surface area contributed by atoms with Gasteiger partial charge >= 0.3 is 0 Å². The van der Waals surface area contributed by atoms with Crippen molar-refractivity contribution in [3.8, 4) is 0 Å². The van der Waals surface area contributed by atoms with Crippen LogP contribution in [0.15, 0.2) is 18.2 Å². The maximum atomic E-state index is 12.6. The maximum absolute atomic E-state index is 12.6. The first kappa shape index (κ1) is 14.6. The van der Waals surface area contributed by atoms with Gasteiger partial charge in [-0.15, -0.1) is 0 Å². The molecule has 3 nitrogen and oxygen atoms in total. The lowest BCUT2D eigenvalue weighted by molar-refractivity contribution is 0.0723. The number of piperidine rings is 2. The summed E-state index contributed by atoms with van der Waals surface area (Å²) >= 11 is 0. The van der Waals surface area contributed by atoms with E-state index >= 15 is 0 Å². The highest BCUT2D eigenvalue weighted by atomic mass is 16.2. The molecule has 0 spiro atoms. The largest absolute Gasteiger partial charge is 0.339 e. The number of carbonyl (C=O) groups is 1. The Bertz CT molecular complexity index is 500. The van der Waals surface area contributed by atoms with Crippen LogP contribution >= 0.6 is 0 Å². The molecule has 0 bridgehead atoms. The number of aryl methyl sites for hydroxylation is 1. The smallest absolute Gasteiger partial charge is 0.254 e. The number of hydrogen-bond acceptors (Lipinski definition) is 2. The van der Waals surface area contributed by atoms with Crippen molar-refractivity contribution in [1.82, 2.24) is 10.2 Å². The molecule has 0 aromatic heterocycles. The Morgan fingerprint density at radius 3 is 2.52 bits per heavy atom. The molecule has 2 saturated heterocycles. The van der Waals surface area contributed by atoms with Crippen LogP contribution in [0.2, 0.25) is 0 Å². The van der Waals surface area contributed by atoms with Crippen LogP contribution in [0.25, 0.3) is 0 Å². The van der Waals surface area contributed by atoms with E-state index in [-0.39, 0.29) is 5.91 Å². The molecule has 1 aromatic rings. The number of hydrogen-bond donors (Lipinski definition) is 1. The highest BCUT2D eigenvalue weighted by Gasteiger charge is 2.21. The summed E-state index contributed by atoms with van der Waals surface area (Å²) < 4.78 is 0. The zero-order valence-electron chi connectivity index (χ0n) is 13.0. The molecule has 0 unspecified atom stereocenters. The molecular weight excluding hydrogens is 260 g/mol. The van der Waals surface area contributed by atoms with Gasteiger partial charge in [-0.1, -0.05) is 12.1 Å². The van der Waals surface area contributed by atoms with E-state index in [1.54, 1.807) is 0 Å². The Balaban J connectivity index is 1.75. The lowest BCUT2D eigenvalue weighted by Crippen LogP contribution is -2.36. The second-order valence-corrected chi connectivity index (χ2v) is 6.45. The summed E-state index contributed by atoms with van der Waals surface area (Å²) in [5, 5.41) is 3.41. The normalized spacial score (nSPS) is 20.5. The van der Waals surface area contributed by atoms with Gasteiger partial charge in [-0.05, 0) is 75.2 Å². The minimum Gasteiger partial charge on any atom is -0.339 e. The third kappa shape index (κ3) is 3.29. The standard InChI is InChI=1S/C18H26N2O/c1-14-13-16(15-7-9-19-10-8-15)5-6-17(14)18(21)20-11-3-2-4-12-20/h5-6,13,15,19H,2-4,7-12H2,1H3. The number of benzene rings is 1. The molecule has 1 aromatic carbocycles. The van der Waals surface area contributed by atoms with Gasteiger partial charge in [0, 0.05) is 18.7 Å². The highest BCUT2D eigenvalue weighted by molar-refractivity contribution is 5.95. The Morgan fingerprint density at radius 2 is 1.86 bits per heavy atom. The molecule has 3 rings (SSSR count). The van der Waals surface area contributed by atoms with Crippen LogP contribution in [-0.4, -0.2) is 37.0 Å². The van der Waals surface area contributed by atoms with Crippen molar-refractivity contribution in [2.75, 3.05) is 26.2 Å². The predicted octanol–water partition coefficient (Wildman–Crippen LogP) is 3.09. The molecule has 2 heterocycles. The molecule has 0 atom stereocenters. The SMILES string of the molecule is Cc1cc(C2CCNCC2)ccc1C(=O)N1CCCCC1. The van der Waals surface area contributed by atoms with E-state index in [9.17, 15) is 4.79 Å². The van der Waals surface area contributed by atoms with Crippen LogP contribution in [0.4, 0.5) is 0 Å². The number of amides is 1. The van der Waals surface area contributed by atoms with Gasteiger partial charge in [0.25, 0.3) is 5.91 Å². The molecule has 1 amide bonds. The fourth-order valence-corrected chi connectivity index (χ4v) is 3.60. The zero-order chi connectivity index (χ0) is 14.7. The van der Waals surface area contributed by atoms with Crippen LogP contribution in [0.1, 0.15) is 59.5 Å². The number of nitrogens with one attached hydrogen (secondary N) is 1. The van der Waals surface area contributed by atoms with Crippen molar-refractivity contribution in [1.29, 1.82) is 0 Å². The molecule has 21 heavy (non-hydrogen) atoms. The minimum atomic E-state index is 0.226. The molecule has 0 saturated carbocycles. The number of carbonyl (C=O) groups excluding carboxylic acids is 1. The first-order valence-corrected chi connectivity index (χ1v) is 8.36. The van der Waals surface area contributed by atoms with Gasteiger partial charge in [0.15, 0.2) is 0 Å². The van der Waals surface area contributed by atoms with Gasteiger partial charge in [-0.25, -0.2) is 0 Å². The number of rotatable bonds is 2. The van der Waals surface area contributed by atoms with Gasteiger partial charge in [0.1, 0.15) is 0 Å². The van der Waals surface area contributed by atoms with E-state index in [0.717, 1.165) is 50.1 Å².